The van der Waals surface area contributed by atoms with E-state index in [2.05, 4.69) is 5.10 Å². The number of rotatable bonds is 2. The molecule has 11 heteroatoms. The molecule has 2 heterocycles. The van der Waals surface area contributed by atoms with Gasteiger partial charge in [-0.3, -0.25) is 9.48 Å². The van der Waals surface area contributed by atoms with Gasteiger partial charge in [0.1, 0.15) is 18.0 Å². The fraction of sp³-hybridized carbons (Fsp3) is 0.167. The average Bonchev–Trinajstić information content (AvgIpc) is 2.88. The van der Waals surface area contributed by atoms with Crippen LogP contribution < -0.4 is 9.03 Å². The molecule has 1 aromatic carbocycles. The molecule has 1 aliphatic heterocycles. The first kappa shape index (κ1) is 15.2. The van der Waals surface area contributed by atoms with E-state index in [1.165, 1.54) is 13.2 Å². The Balaban J connectivity index is 2.21. The van der Waals surface area contributed by atoms with Crippen molar-refractivity contribution in [3.8, 4) is 16.9 Å². The van der Waals surface area contributed by atoms with Crippen LogP contribution in [-0.2, 0) is 22.1 Å². The van der Waals surface area contributed by atoms with Gasteiger partial charge in [0.25, 0.3) is 5.91 Å². The number of phenolic OH excluding ortho intramolecular Hbond substituents is 1. The van der Waals surface area contributed by atoms with Crippen molar-refractivity contribution in [1.29, 1.82) is 0 Å². The molecule has 0 aliphatic carbocycles. The zero-order chi connectivity index (χ0) is 16.9. The summed E-state index contributed by atoms with van der Waals surface area (Å²) in [5.41, 5.74) is -1.23. The highest BCUT2D eigenvalue weighted by molar-refractivity contribution is 7.92. The number of carbonyl (C=O) groups is 1. The number of phenols is 1. The Morgan fingerprint density at radius 3 is 2.52 bits per heavy atom. The van der Waals surface area contributed by atoms with Crippen LogP contribution in [0, 0.1) is 11.8 Å². The van der Waals surface area contributed by atoms with E-state index in [1.54, 1.807) is 4.72 Å². The molecule has 1 aliphatic rings. The molecule has 2 aromatic rings. The lowest BCUT2D eigenvalue weighted by atomic mass is 10.1. The van der Waals surface area contributed by atoms with Gasteiger partial charge >= 0.3 is 10.2 Å². The molecule has 0 radical (unpaired) electrons. The third-order valence-corrected chi connectivity index (χ3v) is 4.62. The van der Waals surface area contributed by atoms with Gasteiger partial charge in [0.05, 0.1) is 5.56 Å². The number of benzene rings is 1. The number of aryl methyl sites for hydroxylation is 1. The van der Waals surface area contributed by atoms with Crippen LogP contribution in [0.15, 0.2) is 18.3 Å². The molecule has 0 spiro atoms. The number of amides is 1. The van der Waals surface area contributed by atoms with Gasteiger partial charge in [0.2, 0.25) is 5.95 Å². The summed E-state index contributed by atoms with van der Waals surface area (Å²) in [5, 5.41) is 13.3. The summed E-state index contributed by atoms with van der Waals surface area (Å²) in [7, 11) is -2.89. The molecule has 0 saturated carbocycles. The zero-order valence-electron chi connectivity index (χ0n) is 11.6. The van der Waals surface area contributed by atoms with Crippen molar-refractivity contribution in [1.82, 2.24) is 14.5 Å². The molecule has 1 amide bonds. The first-order valence-electron chi connectivity index (χ1n) is 6.25. The lowest BCUT2D eigenvalue weighted by Crippen LogP contribution is -2.30. The number of aromatic nitrogens is 2. The molecule has 1 saturated heterocycles. The lowest BCUT2D eigenvalue weighted by molar-refractivity contribution is -0.117. The molecule has 1 fully saturated rings. The van der Waals surface area contributed by atoms with E-state index in [0.717, 1.165) is 16.8 Å². The molecule has 8 nitrogen and oxygen atoms in total. The molecular weight excluding hydrogens is 334 g/mol. The minimum Gasteiger partial charge on any atom is -0.506 e. The van der Waals surface area contributed by atoms with E-state index in [1.807, 2.05) is 0 Å². The summed E-state index contributed by atoms with van der Waals surface area (Å²) in [6.07, 6.45) is 1.20. The maximum Gasteiger partial charge on any atom is 0.326 e. The van der Waals surface area contributed by atoms with Crippen molar-refractivity contribution >= 4 is 21.8 Å². The largest absolute Gasteiger partial charge is 0.506 e. The van der Waals surface area contributed by atoms with Crippen LogP contribution in [0.4, 0.5) is 14.5 Å². The average molecular weight is 344 g/mol. The zero-order valence-corrected chi connectivity index (χ0v) is 12.4. The van der Waals surface area contributed by atoms with Crippen molar-refractivity contribution in [3.05, 3.63) is 30.1 Å². The number of halogens is 2. The van der Waals surface area contributed by atoms with Gasteiger partial charge in [-0.05, 0) is 12.1 Å². The molecule has 1 aromatic heterocycles. The predicted molar refractivity (Wildman–Crippen MR) is 74.6 cm³/mol. The van der Waals surface area contributed by atoms with Crippen LogP contribution in [0.1, 0.15) is 0 Å². The molecular formula is C12H10F2N4O4S. The van der Waals surface area contributed by atoms with Crippen LogP contribution in [0.25, 0.3) is 11.1 Å². The Morgan fingerprint density at radius 1 is 1.30 bits per heavy atom. The Hall–Kier alpha value is -2.69. The monoisotopic (exact) mass is 344 g/mol. The minimum atomic E-state index is -4.32. The Bertz CT molecular complexity index is 925. The van der Waals surface area contributed by atoms with E-state index in [4.69, 9.17) is 0 Å². The highest BCUT2D eigenvalue weighted by Crippen LogP contribution is 2.39. The number of hydrogen-bond donors (Lipinski definition) is 2. The lowest BCUT2D eigenvalue weighted by Gasteiger charge is -2.18. The van der Waals surface area contributed by atoms with Crippen LogP contribution in [0.2, 0.25) is 0 Å². The number of aromatic hydroxyl groups is 1. The summed E-state index contributed by atoms with van der Waals surface area (Å²) in [6, 6.07) is 2.10. The van der Waals surface area contributed by atoms with E-state index in [9.17, 15) is 27.1 Å². The van der Waals surface area contributed by atoms with E-state index in [0.29, 0.717) is 4.31 Å². The van der Waals surface area contributed by atoms with Gasteiger partial charge in [-0.1, -0.05) is 0 Å². The summed E-state index contributed by atoms with van der Waals surface area (Å²) < 4.78 is 55.3. The molecule has 0 unspecified atom stereocenters. The third kappa shape index (κ3) is 2.38. The molecule has 0 atom stereocenters. The molecule has 0 bridgehead atoms. The molecule has 23 heavy (non-hydrogen) atoms. The maximum absolute atomic E-state index is 14.7. The summed E-state index contributed by atoms with van der Waals surface area (Å²) in [6.45, 7) is -0.689. The van der Waals surface area contributed by atoms with Crippen molar-refractivity contribution in [2.75, 3.05) is 10.8 Å². The number of nitrogens with one attached hydrogen (secondary N) is 1. The number of hydrogen-bond acceptors (Lipinski definition) is 5. The Kier molecular flexibility index (Phi) is 3.25. The quantitative estimate of drug-likeness (QED) is 0.813. The second-order valence-electron chi connectivity index (χ2n) is 4.84. The third-order valence-electron chi connectivity index (χ3n) is 3.24. The number of nitrogens with zero attached hydrogens (tertiary/aromatic N) is 3. The molecule has 2 N–H and O–H groups in total. The highest BCUT2D eigenvalue weighted by atomic mass is 32.2. The predicted octanol–water partition coefficient (Wildman–Crippen LogP) is 0.252. The number of anilines is 1. The Morgan fingerprint density at radius 2 is 2.00 bits per heavy atom. The van der Waals surface area contributed by atoms with Crippen LogP contribution in [0.3, 0.4) is 0 Å². The van der Waals surface area contributed by atoms with Crippen molar-refractivity contribution in [2.24, 2.45) is 7.05 Å². The van der Waals surface area contributed by atoms with Crippen LogP contribution >= 0.6 is 0 Å². The van der Waals surface area contributed by atoms with Crippen molar-refractivity contribution in [3.63, 3.8) is 0 Å². The summed E-state index contributed by atoms with van der Waals surface area (Å²) in [5.74, 6) is -3.71. The Labute approximate surface area is 129 Å². The van der Waals surface area contributed by atoms with Crippen molar-refractivity contribution < 1.29 is 27.1 Å². The SMILES string of the molecule is Cn1cc(-c2ccc(O)c(N3CC(=O)NS3(=O)=O)c2F)c(F)n1. The second-order valence-corrected chi connectivity index (χ2v) is 6.43. The van der Waals surface area contributed by atoms with Gasteiger partial charge in [-0.15, -0.1) is 5.10 Å². The maximum atomic E-state index is 14.7. The highest BCUT2D eigenvalue weighted by Gasteiger charge is 2.38. The standard InChI is InChI=1S/C12H10F2N4O4S/c1-17-4-7(12(14)15-17)6-2-3-8(19)11(10(6)13)18-5-9(20)16-23(18,21)22/h2-4,19H,5H2,1H3,(H,16,20). The second kappa shape index (κ2) is 4.91. The normalized spacial score (nSPS) is 16.7. The van der Waals surface area contributed by atoms with E-state index in [-0.39, 0.29) is 11.1 Å². The molecule has 3 rings (SSSR count). The van der Waals surface area contributed by atoms with Crippen molar-refractivity contribution in [2.45, 2.75) is 0 Å². The van der Waals surface area contributed by atoms with E-state index < -0.39 is 45.9 Å². The summed E-state index contributed by atoms with van der Waals surface area (Å²) in [4.78, 5) is 11.3. The fourth-order valence-corrected chi connectivity index (χ4v) is 3.45. The summed E-state index contributed by atoms with van der Waals surface area (Å²) >= 11 is 0. The number of carbonyl (C=O) groups excluding carboxylic acids is 1. The fourth-order valence-electron chi connectivity index (χ4n) is 2.29. The van der Waals surface area contributed by atoms with Gasteiger partial charge in [0, 0.05) is 18.8 Å². The topological polar surface area (TPSA) is 105 Å². The minimum absolute atomic E-state index is 0.206. The smallest absolute Gasteiger partial charge is 0.326 e. The van der Waals surface area contributed by atoms with Crippen LogP contribution in [0.5, 0.6) is 5.75 Å². The first-order chi connectivity index (χ1) is 10.7. The van der Waals surface area contributed by atoms with Gasteiger partial charge in [-0.2, -0.15) is 12.8 Å². The van der Waals surface area contributed by atoms with Crippen LogP contribution in [-0.4, -0.2) is 35.8 Å². The van der Waals surface area contributed by atoms with Gasteiger partial charge < -0.3 is 5.11 Å². The van der Waals surface area contributed by atoms with E-state index >= 15 is 0 Å². The van der Waals surface area contributed by atoms with Gasteiger partial charge in [0.15, 0.2) is 5.82 Å². The molecule has 122 valence electrons. The van der Waals surface area contributed by atoms with Gasteiger partial charge in [-0.25, -0.2) is 13.4 Å². The first-order valence-corrected chi connectivity index (χ1v) is 7.69.